The summed E-state index contributed by atoms with van der Waals surface area (Å²) in [5.74, 6) is 0.860. The molecular weight excluding hydrogens is 240 g/mol. The Morgan fingerprint density at radius 1 is 1.16 bits per heavy atom. The molecule has 1 aromatic heterocycles. The van der Waals surface area contributed by atoms with Crippen molar-refractivity contribution in [3.63, 3.8) is 0 Å². The van der Waals surface area contributed by atoms with E-state index in [0.717, 1.165) is 5.39 Å². The highest BCUT2D eigenvalue weighted by Gasteiger charge is 2.27. The molecule has 1 aliphatic carbocycles. The second-order valence-corrected chi connectivity index (χ2v) is 4.13. The topological polar surface area (TPSA) is 65.2 Å². The van der Waals surface area contributed by atoms with Crippen molar-refractivity contribution in [2.75, 3.05) is 5.73 Å². The molecule has 19 heavy (non-hydrogen) atoms. The van der Waals surface area contributed by atoms with Crippen molar-refractivity contribution < 1.29 is 9.53 Å². The molecule has 2 N–H and O–H groups in total. The lowest BCUT2D eigenvalue weighted by molar-refractivity contribution is -0.131. The predicted molar refractivity (Wildman–Crippen MR) is 72.2 cm³/mol. The van der Waals surface area contributed by atoms with Crippen LogP contribution in [0.2, 0.25) is 0 Å². The summed E-state index contributed by atoms with van der Waals surface area (Å²) in [7, 11) is 0. The maximum absolute atomic E-state index is 11.9. The number of carbonyl (C=O) groups is 1. The van der Waals surface area contributed by atoms with Crippen LogP contribution >= 0.6 is 0 Å². The quantitative estimate of drug-likeness (QED) is 0.830. The molecule has 4 heteroatoms. The fraction of sp³-hybridized carbons (Fsp3) is 0. The van der Waals surface area contributed by atoms with E-state index >= 15 is 0 Å². The molecule has 1 saturated carbocycles. The molecule has 5 radical (unpaired) electrons. The van der Waals surface area contributed by atoms with Crippen LogP contribution in [0.25, 0.3) is 10.9 Å². The zero-order valence-corrected chi connectivity index (χ0v) is 10.0. The average molecular weight is 251 g/mol. The predicted octanol–water partition coefficient (Wildman–Crippen LogP) is 2.13. The smallest absolute Gasteiger partial charge is 0.319 e. The van der Waals surface area contributed by atoms with Gasteiger partial charge in [-0.1, -0.05) is 12.1 Å². The van der Waals surface area contributed by atoms with Crippen LogP contribution in [-0.2, 0) is 4.79 Å². The van der Waals surface area contributed by atoms with Crippen LogP contribution in [0, 0.1) is 31.6 Å². The zero-order chi connectivity index (χ0) is 13.2. The Morgan fingerprint density at radius 3 is 2.68 bits per heavy atom. The molecule has 0 spiro atoms. The fourth-order valence-electron chi connectivity index (χ4n) is 1.92. The second kappa shape index (κ2) is 4.88. The van der Waals surface area contributed by atoms with Crippen molar-refractivity contribution in [1.29, 1.82) is 0 Å². The molecule has 0 atom stereocenters. The van der Waals surface area contributed by atoms with Gasteiger partial charge in [-0.25, -0.2) is 4.98 Å². The summed E-state index contributed by atoms with van der Waals surface area (Å²) in [4.78, 5) is 16.1. The summed E-state index contributed by atoms with van der Waals surface area (Å²) < 4.78 is 5.39. The maximum Gasteiger partial charge on any atom is 0.319 e. The van der Waals surface area contributed by atoms with Crippen molar-refractivity contribution in [1.82, 2.24) is 4.98 Å². The number of nitrogens with two attached hydrogens (primary N) is 1. The molecule has 0 amide bonds. The van der Waals surface area contributed by atoms with Crippen molar-refractivity contribution >= 4 is 22.7 Å². The molecule has 1 aromatic carbocycles. The Balaban J connectivity index is 1.93. The minimum Gasteiger partial charge on any atom is -0.425 e. The van der Waals surface area contributed by atoms with E-state index in [9.17, 15) is 4.79 Å². The van der Waals surface area contributed by atoms with Gasteiger partial charge >= 0.3 is 5.97 Å². The molecule has 4 nitrogen and oxygen atoms in total. The van der Waals surface area contributed by atoms with Gasteiger partial charge in [-0.05, 0) is 37.8 Å². The van der Waals surface area contributed by atoms with E-state index < -0.39 is 5.97 Å². The highest BCUT2D eigenvalue weighted by Crippen LogP contribution is 2.29. The number of ether oxygens (including phenoxy) is 1. The molecule has 0 unspecified atom stereocenters. The third kappa shape index (κ3) is 2.38. The minimum absolute atomic E-state index is 0.323. The summed E-state index contributed by atoms with van der Waals surface area (Å²) in [5, 5.41) is 0.761. The monoisotopic (exact) mass is 251 g/mol. The van der Waals surface area contributed by atoms with E-state index in [1.54, 1.807) is 31.7 Å². The van der Waals surface area contributed by atoms with Crippen LogP contribution in [0.4, 0.5) is 5.82 Å². The van der Waals surface area contributed by atoms with Crippen LogP contribution in [0.3, 0.4) is 0 Å². The van der Waals surface area contributed by atoms with Crippen molar-refractivity contribution in [2.24, 2.45) is 0 Å². The Labute approximate surface area is 111 Å². The van der Waals surface area contributed by atoms with Gasteiger partial charge in [0, 0.05) is 11.5 Å². The van der Waals surface area contributed by atoms with Crippen LogP contribution in [0.1, 0.15) is 0 Å². The van der Waals surface area contributed by atoms with E-state index in [4.69, 9.17) is 10.5 Å². The van der Waals surface area contributed by atoms with Gasteiger partial charge in [0.25, 0.3) is 0 Å². The lowest BCUT2D eigenvalue weighted by Gasteiger charge is -2.11. The van der Waals surface area contributed by atoms with Gasteiger partial charge in [-0.3, -0.25) is 4.79 Å². The number of nitrogen functional groups attached to an aromatic ring is 1. The molecular formula is C15H11N2O2. The van der Waals surface area contributed by atoms with Crippen LogP contribution in [0.15, 0.2) is 30.3 Å². The summed E-state index contributed by atoms with van der Waals surface area (Å²) >= 11 is 0. The first kappa shape index (κ1) is 12.0. The summed E-state index contributed by atoms with van der Waals surface area (Å²) in [6.07, 6.45) is 6.98. The SMILES string of the molecule is Nc1cc(OC(=O)[C]2[CH][CH][CH][CH]2)c2ccccc2n1. The van der Waals surface area contributed by atoms with E-state index in [1.165, 1.54) is 0 Å². The molecule has 1 heterocycles. The molecule has 2 aromatic rings. The molecule has 0 aliphatic heterocycles. The Kier molecular flexibility index (Phi) is 3.07. The first-order valence-corrected chi connectivity index (χ1v) is 5.83. The lowest BCUT2D eigenvalue weighted by atomic mass is 10.1. The van der Waals surface area contributed by atoms with E-state index in [1.807, 2.05) is 24.3 Å². The molecule has 0 bridgehead atoms. The molecule has 93 valence electrons. The number of hydrogen-bond acceptors (Lipinski definition) is 4. The first-order chi connectivity index (χ1) is 9.24. The first-order valence-electron chi connectivity index (χ1n) is 5.83. The van der Waals surface area contributed by atoms with Crippen LogP contribution in [0.5, 0.6) is 5.75 Å². The number of pyridine rings is 1. The van der Waals surface area contributed by atoms with Crippen LogP contribution in [-0.4, -0.2) is 11.0 Å². The van der Waals surface area contributed by atoms with E-state index in [-0.39, 0.29) is 0 Å². The third-order valence-electron chi connectivity index (χ3n) is 2.80. The zero-order valence-electron chi connectivity index (χ0n) is 10.0. The number of fused-ring (bicyclic) bond motifs is 1. The van der Waals surface area contributed by atoms with Crippen molar-refractivity contribution in [3.8, 4) is 5.75 Å². The minimum atomic E-state index is -0.402. The van der Waals surface area contributed by atoms with Gasteiger partial charge < -0.3 is 10.5 Å². The Hall–Kier alpha value is -2.10. The van der Waals surface area contributed by atoms with Gasteiger partial charge in [0.05, 0.1) is 11.4 Å². The van der Waals surface area contributed by atoms with Gasteiger partial charge in [-0.2, -0.15) is 0 Å². The van der Waals surface area contributed by atoms with Crippen molar-refractivity contribution in [2.45, 2.75) is 0 Å². The molecule has 1 aliphatic rings. The largest absolute Gasteiger partial charge is 0.425 e. The second-order valence-electron chi connectivity index (χ2n) is 4.13. The number of para-hydroxylation sites is 1. The van der Waals surface area contributed by atoms with E-state index in [2.05, 4.69) is 4.98 Å². The van der Waals surface area contributed by atoms with Crippen molar-refractivity contribution in [3.05, 3.63) is 61.9 Å². The average Bonchev–Trinajstić information content (AvgIpc) is 2.92. The number of esters is 1. The standard InChI is InChI=1S/C15H11N2O2/c16-14-9-13(11-7-3-4-8-12(11)17-14)19-15(18)10-5-1-2-6-10/h1-9H,(H2,16,17). The summed E-state index contributed by atoms with van der Waals surface area (Å²) in [6.45, 7) is 0. The van der Waals surface area contributed by atoms with E-state index in [0.29, 0.717) is 23.0 Å². The van der Waals surface area contributed by atoms with Gasteiger partial charge in [0.1, 0.15) is 11.6 Å². The lowest BCUT2D eigenvalue weighted by Crippen LogP contribution is -2.17. The molecule has 0 saturated heterocycles. The Morgan fingerprint density at radius 2 is 1.89 bits per heavy atom. The van der Waals surface area contributed by atoms with Crippen LogP contribution < -0.4 is 10.5 Å². The third-order valence-corrected chi connectivity index (χ3v) is 2.80. The fourth-order valence-corrected chi connectivity index (χ4v) is 1.92. The maximum atomic E-state index is 11.9. The number of hydrogen-bond donors (Lipinski definition) is 1. The van der Waals surface area contributed by atoms with Gasteiger partial charge in [0.15, 0.2) is 0 Å². The Bertz CT molecular complexity index is 619. The molecule has 3 rings (SSSR count). The number of carbonyl (C=O) groups excluding carboxylic acids is 1. The summed E-state index contributed by atoms with van der Waals surface area (Å²) in [6, 6.07) is 8.95. The summed E-state index contributed by atoms with van der Waals surface area (Å²) in [5.41, 5.74) is 6.42. The number of anilines is 1. The number of rotatable bonds is 2. The van der Waals surface area contributed by atoms with Gasteiger partial charge in [0.2, 0.25) is 0 Å². The van der Waals surface area contributed by atoms with Gasteiger partial charge in [-0.15, -0.1) is 0 Å². The normalized spacial score (nSPS) is 15.8. The highest BCUT2D eigenvalue weighted by atomic mass is 16.5. The molecule has 1 fully saturated rings. The number of benzene rings is 1. The number of nitrogens with zero attached hydrogens (tertiary/aromatic N) is 1. The highest BCUT2D eigenvalue weighted by molar-refractivity contribution is 5.96. The number of aromatic nitrogens is 1.